The van der Waals surface area contributed by atoms with Gasteiger partial charge in [0.15, 0.2) is 6.19 Å². The van der Waals surface area contributed by atoms with Gasteiger partial charge in [-0.1, -0.05) is 0 Å². The Morgan fingerprint density at radius 3 is 2.92 bits per heavy atom. The Morgan fingerprint density at radius 2 is 2.15 bits per heavy atom. The van der Waals surface area contributed by atoms with Gasteiger partial charge >= 0.3 is 0 Å². The lowest BCUT2D eigenvalue weighted by atomic mass is 10.1. The first-order valence-corrected chi connectivity index (χ1v) is 8.51. The maximum Gasteiger partial charge on any atom is 0.251 e. The number of nitrogens with zero attached hydrogens (tertiary/aromatic N) is 5. The van der Waals surface area contributed by atoms with Crippen LogP contribution in [0.2, 0.25) is 0 Å². The fraction of sp³-hybridized carbons (Fsp3) is 0.333. The van der Waals surface area contributed by atoms with Gasteiger partial charge in [-0.15, -0.1) is 0 Å². The molecule has 1 unspecified atom stereocenters. The summed E-state index contributed by atoms with van der Waals surface area (Å²) in [6, 6.07) is 7.14. The van der Waals surface area contributed by atoms with Gasteiger partial charge < -0.3 is 19.9 Å². The monoisotopic (exact) mass is 350 g/mol. The molecule has 0 aliphatic carbocycles. The molecule has 8 heteroatoms. The van der Waals surface area contributed by atoms with Crippen molar-refractivity contribution in [1.82, 2.24) is 20.2 Å². The van der Waals surface area contributed by atoms with Gasteiger partial charge in [-0.25, -0.2) is 9.97 Å². The maximum absolute atomic E-state index is 12.5. The zero-order valence-corrected chi connectivity index (χ0v) is 14.1. The number of nitriles is 1. The molecule has 1 saturated heterocycles. The fourth-order valence-electron chi connectivity index (χ4n) is 3.24. The summed E-state index contributed by atoms with van der Waals surface area (Å²) < 4.78 is 5.74. The van der Waals surface area contributed by atoms with E-state index in [1.165, 1.54) is 0 Å². The summed E-state index contributed by atoms with van der Waals surface area (Å²) in [7, 11) is 0. The summed E-state index contributed by atoms with van der Waals surface area (Å²) in [5.41, 5.74) is 1.38. The molecule has 26 heavy (non-hydrogen) atoms. The molecule has 1 aromatic heterocycles. The van der Waals surface area contributed by atoms with E-state index in [1.807, 2.05) is 11.0 Å². The number of carbonyl (C=O) groups is 1. The molecule has 1 fully saturated rings. The van der Waals surface area contributed by atoms with E-state index in [0.29, 0.717) is 43.5 Å². The number of fused-ring (bicyclic) bond motifs is 1. The Balaban J connectivity index is 1.52. The zero-order chi connectivity index (χ0) is 17.9. The van der Waals surface area contributed by atoms with Gasteiger partial charge in [-0.3, -0.25) is 4.79 Å². The van der Waals surface area contributed by atoms with Crippen molar-refractivity contribution < 1.29 is 9.53 Å². The molecule has 1 N–H and O–H groups in total. The average molecular weight is 350 g/mol. The van der Waals surface area contributed by atoms with Crippen LogP contribution < -0.4 is 15.0 Å². The molecule has 1 aromatic carbocycles. The number of hydrogen-bond acceptors (Lipinski definition) is 7. The second kappa shape index (κ2) is 6.88. The Bertz CT molecular complexity index is 851. The minimum absolute atomic E-state index is 0.00619. The lowest BCUT2D eigenvalue weighted by molar-refractivity contribution is 0.0938. The first kappa shape index (κ1) is 16.1. The van der Waals surface area contributed by atoms with E-state index in [4.69, 9.17) is 10.00 Å². The number of nitrogens with one attached hydrogen (secondary N) is 1. The first-order valence-electron chi connectivity index (χ1n) is 8.51. The zero-order valence-electron chi connectivity index (χ0n) is 14.1. The van der Waals surface area contributed by atoms with Gasteiger partial charge in [0.25, 0.3) is 5.91 Å². The molecule has 0 saturated carbocycles. The van der Waals surface area contributed by atoms with Crippen molar-refractivity contribution in [3.05, 3.63) is 42.2 Å². The average Bonchev–Trinajstić information content (AvgIpc) is 3.15. The molecule has 1 amide bonds. The highest BCUT2D eigenvalue weighted by Crippen LogP contribution is 2.35. The highest BCUT2D eigenvalue weighted by molar-refractivity contribution is 5.95. The van der Waals surface area contributed by atoms with Crippen molar-refractivity contribution in [3.63, 3.8) is 0 Å². The molecular weight excluding hydrogens is 332 g/mol. The van der Waals surface area contributed by atoms with E-state index < -0.39 is 0 Å². The Morgan fingerprint density at radius 1 is 1.31 bits per heavy atom. The molecule has 0 spiro atoms. The van der Waals surface area contributed by atoms with Crippen molar-refractivity contribution in [3.8, 4) is 11.9 Å². The molecule has 2 aromatic rings. The number of amides is 1. The number of carbonyl (C=O) groups excluding carboxylic acids is 1. The van der Waals surface area contributed by atoms with Gasteiger partial charge in [0.1, 0.15) is 12.4 Å². The number of likely N-dealkylation sites (tertiary alicyclic amines) is 1. The van der Waals surface area contributed by atoms with Crippen LogP contribution >= 0.6 is 0 Å². The van der Waals surface area contributed by atoms with Crippen molar-refractivity contribution in [2.24, 2.45) is 0 Å². The Labute approximate surface area is 151 Å². The van der Waals surface area contributed by atoms with Crippen molar-refractivity contribution >= 4 is 17.5 Å². The summed E-state index contributed by atoms with van der Waals surface area (Å²) in [4.78, 5) is 24.7. The van der Waals surface area contributed by atoms with Crippen molar-refractivity contribution in [2.45, 2.75) is 12.5 Å². The van der Waals surface area contributed by atoms with Crippen LogP contribution in [0.5, 0.6) is 5.75 Å². The van der Waals surface area contributed by atoms with Gasteiger partial charge in [-0.05, 0) is 30.7 Å². The molecule has 132 valence electrons. The van der Waals surface area contributed by atoms with E-state index in [2.05, 4.69) is 21.5 Å². The van der Waals surface area contributed by atoms with E-state index in [0.717, 1.165) is 12.1 Å². The van der Waals surface area contributed by atoms with Crippen LogP contribution in [0.15, 0.2) is 36.7 Å². The predicted molar refractivity (Wildman–Crippen MR) is 94.0 cm³/mol. The summed E-state index contributed by atoms with van der Waals surface area (Å²) in [5, 5.41) is 11.9. The molecule has 3 heterocycles. The van der Waals surface area contributed by atoms with Crippen LogP contribution in [0.3, 0.4) is 0 Å². The molecule has 1 atom stereocenters. The van der Waals surface area contributed by atoms with Crippen LogP contribution in [0.1, 0.15) is 16.8 Å². The predicted octanol–water partition coefficient (Wildman–Crippen LogP) is 1.29. The van der Waals surface area contributed by atoms with Crippen molar-refractivity contribution in [1.29, 1.82) is 5.26 Å². The van der Waals surface area contributed by atoms with Gasteiger partial charge in [0.05, 0.1) is 12.2 Å². The van der Waals surface area contributed by atoms with E-state index in [1.54, 1.807) is 35.5 Å². The number of aromatic nitrogens is 2. The second-order valence-corrected chi connectivity index (χ2v) is 6.24. The highest BCUT2D eigenvalue weighted by atomic mass is 16.5. The quantitative estimate of drug-likeness (QED) is 0.834. The molecule has 2 aliphatic heterocycles. The topological polar surface area (TPSA) is 94.4 Å². The number of rotatable bonds is 3. The van der Waals surface area contributed by atoms with Gasteiger partial charge in [0.2, 0.25) is 5.95 Å². The number of ether oxygens (including phenoxy) is 1. The number of hydrogen-bond donors (Lipinski definition) is 1. The lowest BCUT2D eigenvalue weighted by Crippen LogP contribution is -2.36. The number of anilines is 2. The Hall–Kier alpha value is -3.34. The SMILES string of the molecule is N#CN1CCC(NC(=O)c2ccc3c(c2)OCCN3c2ncccn2)C1. The first-order chi connectivity index (χ1) is 12.7. The molecule has 4 rings (SSSR count). The van der Waals surface area contributed by atoms with Crippen LogP contribution in [0, 0.1) is 11.5 Å². The standard InChI is InChI=1S/C18H18N6O2/c19-12-23-7-4-14(11-23)22-17(25)13-2-3-15-16(10-13)26-9-8-24(15)18-20-5-1-6-21-18/h1-3,5-6,10,14H,4,7-9,11H2,(H,22,25). The molecule has 0 bridgehead atoms. The summed E-state index contributed by atoms with van der Waals surface area (Å²) in [5.74, 6) is 1.09. The summed E-state index contributed by atoms with van der Waals surface area (Å²) in [6.07, 6.45) is 6.29. The molecular formula is C18H18N6O2. The summed E-state index contributed by atoms with van der Waals surface area (Å²) >= 11 is 0. The third kappa shape index (κ3) is 3.11. The minimum Gasteiger partial charge on any atom is -0.490 e. The fourth-order valence-corrected chi connectivity index (χ4v) is 3.24. The second-order valence-electron chi connectivity index (χ2n) is 6.24. The number of benzene rings is 1. The van der Waals surface area contributed by atoms with Crippen molar-refractivity contribution in [2.75, 3.05) is 31.1 Å². The normalized spacial score (nSPS) is 18.7. The van der Waals surface area contributed by atoms with E-state index >= 15 is 0 Å². The summed E-state index contributed by atoms with van der Waals surface area (Å²) in [6.45, 7) is 2.38. The van der Waals surface area contributed by atoms with Gasteiger partial charge in [0, 0.05) is 37.1 Å². The largest absolute Gasteiger partial charge is 0.490 e. The van der Waals surface area contributed by atoms with Crippen LogP contribution in [0.25, 0.3) is 0 Å². The molecule has 2 aliphatic rings. The highest BCUT2D eigenvalue weighted by Gasteiger charge is 2.25. The lowest BCUT2D eigenvalue weighted by Gasteiger charge is -2.29. The maximum atomic E-state index is 12.5. The smallest absolute Gasteiger partial charge is 0.251 e. The Kier molecular flexibility index (Phi) is 4.27. The molecule has 0 radical (unpaired) electrons. The van der Waals surface area contributed by atoms with Gasteiger partial charge in [-0.2, -0.15) is 5.26 Å². The molecule has 8 nitrogen and oxygen atoms in total. The van der Waals surface area contributed by atoms with Crippen LogP contribution in [-0.2, 0) is 0 Å². The van der Waals surface area contributed by atoms with Crippen LogP contribution in [-0.4, -0.2) is 53.1 Å². The van der Waals surface area contributed by atoms with Crippen LogP contribution in [0.4, 0.5) is 11.6 Å². The third-order valence-electron chi connectivity index (χ3n) is 4.54. The van der Waals surface area contributed by atoms with E-state index in [-0.39, 0.29) is 11.9 Å². The minimum atomic E-state index is -0.158. The van der Waals surface area contributed by atoms with E-state index in [9.17, 15) is 4.79 Å². The third-order valence-corrected chi connectivity index (χ3v) is 4.54.